The van der Waals surface area contributed by atoms with Gasteiger partial charge in [-0.1, -0.05) is 51.3 Å². The molecule has 274 valence electrons. The average molecular weight is 824 g/mol. The molecule has 5 aromatic rings. The van der Waals surface area contributed by atoms with E-state index in [0.29, 0.717) is 39.8 Å². The van der Waals surface area contributed by atoms with Crippen LogP contribution in [0.2, 0.25) is 5.02 Å². The molecule has 4 amide bonds. The highest BCUT2D eigenvalue weighted by Crippen LogP contribution is 2.64. The summed E-state index contributed by atoms with van der Waals surface area (Å²) in [6.45, 7) is 7.53. The molecule has 12 heteroatoms. The Bertz CT molecular complexity index is 2520. The van der Waals surface area contributed by atoms with Gasteiger partial charge in [-0.05, 0) is 117 Å². The van der Waals surface area contributed by atoms with Gasteiger partial charge in [-0.2, -0.15) is 5.10 Å². The SMILES string of the molecule is Cc1cc(C2C3=CCC4C(=O)N(c5ccc(Br)cc5)C(=O)C4C3CC3C(=O)N(c4cc(-c5sc6ccc(Cl)cc6c5C)nn4C)C(=O)C32C)cc(C)c1O. The standard InChI is InChI=1S/C42H36BrClN4O5S/c1-19-14-22(15-20(2)36(19)49)35-26-11-12-27-34(40(52)47(38(27)50)25-9-6-23(43)7-10-25)29(26)17-30-39(51)48(41(53)42(30,35)4)33-18-31(45-46(33)5)37-21(3)28-16-24(44)8-13-32(28)54-37/h6-11,13-16,18,27,29-30,34-35,49H,12,17H2,1-5H3. The second-order valence-electron chi connectivity index (χ2n) is 15.4. The lowest BCUT2D eigenvalue weighted by molar-refractivity contribution is -0.131. The van der Waals surface area contributed by atoms with Crippen LogP contribution in [0.1, 0.15) is 47.9 Å². The van der Waals surface area contributed by atoms with Gasteiger partial charge in [-0.25, -0.2) is 4.90 Å². The summed E-state index contributed by atoms with van der Waals surface area (Å²) in [7, 11) is 1.74. The lowest BCUT2D eigenvalue weighted by atomic mass is 9.51. The zero-order chi connectivity index (χ0) is 38.1. The zero-order valence-corrected chi connectivity index (χ0v) is 33.3. The van der Waals surface area contributed by atoms with Crippen LogP contribution in [0.3, 0.4) is 0 Å². The number of fused-ring (bicyclic) bond motifs is 5. The minimum absolute atomic E-state index is 0.170. The summed E-state index contributed by atoms with van der Waals surface area (Å²) in [5.74, 6) is -3.78. The van der Waals surface area contributed by atoms with Gasteiger partial charge in [-0.3, -0.25) is 28.8 Å². The van der Waals surface area contributed by atoms with Crippen molar-refractivity contribution >= 4 is 84.1 Å². The van der Waals surface area contributed by atoms with E-state index in [1.54, 1.807) is 53.4 Å². The third-order valence-electron chi connectivity index (χ3n) is 12.4. The van der Waals surface area contributed by atoms with E-state index in [2.05, 4.69) is 15.9 Å². The van der Waals surface area contributed by atoms with Crippen LogP contribution >= 0.6 is 38.9 Å². The van der Waals surface area contributed by atoms with Gasteiger partial charge in [0.2, 0.25) is 23.6 Å². The first-order valence-corrected chi connectivity index (χ1v) is 19.9. The Kier molecular flexibility index (Phi) is 7.95. The van der Waals surface area contributed by atoms with Crippen LogP contribution in [-0.4, -0.2) is 38.5 Å². The second kappa shape index (κ2) is 12.2. The van der Waals surface area contributed by atoms with Crippen molar-refractivity contribution in [2.24, 2.45) is 36.1 Å². The molecule has 1 saturated carbocycles. The molecule has 2 aliphatic heterocycles. The Hall–Kier alpha value is -4.58. The quantitative estimate of drug-likeness (QED) is 0.143. The Morgan fingerprint density at radius 2 is 1.61 bits per heavy atom. The van der Waals surface area contributed by atoms with Crippen LogP contribution in [0.15, 0.2) is 76.8 Å². The fraction of sp³-hybridized carbons (Fsp3) is 0.310. The largest absolute Gasteiger partial charge is 0.507 e. The second-order valence-corrected chi connectivity index (χ2v) is 17.8. The fourth-order valence-electron chi connectivity index (χ4n) is 9.83. The van der Waals surface area contributed by atoms with E-state index >= 15 is 4.79 Å². The zero-order valence-electron chi connectivity index (χ0n) is 30.2. The molecule has 1 N–H and O–H groups in total. The number of aromatic hydroxyl groups is 1. The maximum Gasteiger partial charge on any atom is 0.242 e. The van der Waals surface area contributed by atoms with E-state index in [1.807, 2.05) is 64.1 Å². The third kappa shape index (κ3) is 4.83. The predicted molar refractivity (Wildman–Crippen MR) is 213 cm³/mol. The van der Waals surface area contributed by atoms with Crippen molar-refractivity contribution in [3.8, 4) is 16.3 Å². The highest BCUT2D eigenvalue weighted by atomic mass is 79.9. The average Bonchev–Trinajstić information content (AvgIpc) is 3.81. The Labute approximate surface area is 329 Å². The van der Waals surface area contributed by atoms with Gasteiger partial charge in [-0.15, -0.1) is 11.3 Å². The van der Waals surface area contributed by atoms with E-state index in [-0.39, 0.29) is 35.8 Å². The summed E-state index contributed by atoms with van der Waals surface area (Å²) in [6, 6.07) is 18.5. The van der Waals surface area contributed by atoms with Crippen molar-refractivity contribution in [1.82, 2.24) is 9.78 Å². The number of aryl methyl sites for hydroxylation is 4. The molecule has 54 heavy (non-hydrogen) atoms. The summed E-state index contributed by atoms with van der Waals surface area (Å²) in [6.07, 6.45) is 2.63. The molecule has 6 atom stereocenters. The first kappa shape index (κ1) is 35.1. The summed E-state index contributed by atoms with van der Waals surface area (Å²) >= 11 is 11.3. The number of hydrogen-bond donors (Lipinski definition) is 1. The number of aromatic nitrogens is 2. The molecule has 9 rings (SSSR count). The van der Waals surface area contributed by atoms with Crippen LogP contribution in [0.4, 0.5) is 11.5 Å². The number of nitrogens with zero attached hydrogens (tertiary/aromatic N) is 4. The molecule has 0 spiro atoms. The number of anilines is 2. The van der Waals surface area contributed by atoms with Crippen molar-refractivity contribution in [1.29, 1.82) is 0 Å². The van der Waals surface area contributed by atoms with E-state index < -0.39 is 35.0 Å². The number of allylic oxidation sites excluding steroid dienone is 2. The highest BCUT2D eigenvalue weighted by Gasteiger charge is 2.68. The number of carbonyl (C=O) groups excluding carboxylic acids is 4. The molecular formula is C42H36BrClN4O5S. The monoisotopic (exact) mass is 822 g/mol. The lowest BCUT2D eigenvalue weighted by Crippen LogP contribution is -2.49. The predicted octanol–water partition coefficient (Wildman–Crippen LogP) is 8.78. The van der Waals surface area contributed by atoms with E-state index in [4.69, 9.17) is 16.7 Å². The Balaban J connectivity index is 1.16. The number of carbonyl (C=O) groups is 4. The van der Waals surface area contributed by atoms with Crippen molar-refractivity contribution in [2.75, 3.05) is 9.80 Å². The van der Waals surface area contributed by atoms with Gasteiger partial charge in [0.25, 0.3) is 0 Å². The highest BCUT2D eigenvalue weighted by molar-refractivity contribution is 9.10. The van der Waals surface area contributed by atoms with Gasteiger partial charge in [0.15, 0.2) is 0 Å². The van der Waals surface area contributed by atoms with Gasteiger partial charge < -0.3 is 5.11 Å². The molecule has 0 radical (unpaired) electrons. The Morgan fingerprint density at radius 1 is 0.907 bits per heavy atom. The van der Waals surface area contributed by atoms with Crippen molar-refractivity contribution in [3.05, 3.63) is 104 Å². The number of phenols is 1. The van der Waals surface area contributed by atoms with Crippen LogP contribution in [0.25, 0.3) is 20.7 Å². The third-order valence-corrected chi connectivity index (χ3v) is 14.5. The van der Waals surface area contributed by atoms with Crippen LogP contribution in [0, 0.1) is 49.9 Å². The van der Waals surface area contributed by atoms with Gasteiger partial charge in [0, 0.05) is 33.2 Å². The number of hydrogen-bond acceptors (Lipinski definition) is 7. The smallest absolute Gasteiger partial charge is 0.242 e. The van der Waals surface area contributed by atoms with Gasteiger partial charge in [0.1, 0.15) is 17.3 Å². The molecule has 9 nitrogen and oxygen atoms in total. The number of halogens is 2. The molecule has 2 aromatic heterocycles. The summed E-state index contributed by atoms with van der Waals surface area (Å²) in [5.41, 5.74) is 3.93. The number of benzene rings is 3. The minimum atomic E-state index is -1.23. The molecule has 3 fully saturated rings. The molecule has 4 aliphatic rings. The molecule has 3 aromatic carbocycles. The van der Waals surface area contributed by atoms with E-state index in [0.717, 1.165) is 36.1 Å². The molecule has 2 aliphatic carbocycles. The van der Waals surface area contributed by atoms with E-state index in [1.165, 1.54) is 9.80 Å². The van der Waals surface area contributed by atoms with Crippen molar-refractivity contribution in [2.45, 2.75) is 46.5 Å². The van der Waals surface area contributed by atoms with Crippen LogP contribution < -0.4 is 9.80 Å². The summed E-state index contributed by atoms with van der Waals surface area (Å²) in [4.78, 5) is 62.0. The minimum Gasteiger partial charge on any atom is -0.507 e. The maximum absolute atomic E-state index is 15.2. The van der Waals surface area contributed by atoms with Crippen molar-refractivity contribution in [3.63, 3.8) is 0 Å². The molecule has 0 bridgehead atoms. The first-order chi connectivity index (χ1) is 25.7. The number of amides is 4. The fourth-order valence-corrected chi connectivity index (χ4v) is 11.4. The number of imide groups is 2. The van der Waals surface area contributed by atoms with Gasteiger partial charge in [0.05, 0.1) is 33.7 Å². The topological polar surface area (TPSA) is 113 Å². The summed E-state index contributed by atoms with van der Waals surface area (Å²) in [5, 5.41) is 17.3. The van der Waals surface area contributed by atoms with E-state index in [9.17, 15) is 19.5 Å². The Morgan fingerprint density at radius 3 is 2.31 bits per heavy atom. The van der Waals surface area contributed by atoms with Crippen molar-refractivity contribution < 1.29 is 24.3 Å². The maximum atomic E-state index is 15.2. The van der Waals surface area contributed by atoms with Gasteiger partial charge >= 0.3 is 0 Å². The van der Waals surface area contributed by atoms with Crippen LogP contribution in [0.5, 0.6) is 5.75 Å². The molecular weight excluding hydrogens is 788 g/mol. The van der Waals surface area contributed by atoms with Crippen LogP contribution in [-0.2, 0) is 26.2 Å². The molecule has 4 heterocycles. The normalized spacial score (nSPS) is 26.4. The molecule has 2 saturated heterocycles. The first-order valence-electron chi connectivity index (χ1n) is 18.0. The summed E-state index contributed by atoms with van der Waals surface area (Å²) < 4.78 is 3.48. The number of rotatable bonds is 4. The molecule has 6 unspecified atom stereocenters. The number of thiophene rings is 1. The number of phenolic OH excluding ortho intramolecular Hbond substituents is 1. The lowest BCUT2D eigenvalue weighted by Gasteiger charge is -2.49.